The molecule has 0 spiro atoms. The molecule has 0 amide bonds. The normalized spacial score (nSPS) is 11.3. The average molecular weight is 2160 g/mol. The van der Waals surface area contributed by atoms with Crippen molar-refractivity contribution in [2.45, 2.75) is 63.3 Å². The molecule has 0 saturated carbocycles. The summed E-state index contributed by atoms with van der Waals surface area (Å²) < 4.78 is 311. The molecule has 32 nitrogen and oxygen atoms in total. The van der Waals surface area contributed by atoms with Gasteiger partial charge in [0.1, 0.15) is 0 Å². The van der Waals surface area contributed by atoms with Crippen molar-refractivity contribution < 1.29 is 159 Å². The van der Waals surface area contributed by atoms with Crippen LogP contribution in [0.2, 0.25) is 0 Å². The Kier molecular flexibility index (Phi) is 42.1. The van der Waals surface area contributed by atoms with Crippen molar-refractivity contribution in [3.8, 4) is 52.4 Å². The minimum Gasteiger partial charge on any atom is -0.429 e. The summed E-state index contributed by atoms with van der Waals surface area (Å²) in [5.41, 5.74) is -6.50. The van der Waals surface area contributed by atoms with Gasteiger partial charge in [-0.1, -0.05) is 0 Å². The molecule has 0 aliphatic heterocycles. The number of hydrogen-bond acceptors (Lipinski definition) is 22. The first-order valence-electron chi connectivity index (χ1n) is 38.2. The Hall–Kier alpha value is -14.9. The number of nitrogens with zero attached hydrogens (tertiary/aromatic N) is 28. The Morgan fingerprint density at radius 3 is 0.454 bits per heavy atom. The smallest absolute Gasteiger partial charge is 0.429 e. The van der Waals surface area contributed by atoms with Gasteiger partial charge < -0.3 is 4.13 Å². The molecular formula is C83H66Co3F21N28O4S2-. The molecule has 0 atom stereocenters. The van der Waals surface area contributed by atoms with E-state index in [9.17, 15) is 109 Å². The van der Waals surface area contributed by atoms with E-state index in [0.717, 1.165) is 127 Å². The van der Waals surface area contributed by atoms with Crippen molar-refractivity contribution in [2.75, 3.05) is 6.26 Å². The largest absolute Gasteiger partial charge is 0.480 e. The summed E-state index contributed by atoms with van der Waals surface area (Å²) in [5.74, 6) is 3.47. The Labute approximate surface area is 814 Å². The van der Waals surface area contributed by atoms with E-state index in [1.165, 1.54) is 119 Å². The first kappa shape index (κ1) is 115. The van der Waals surface area contributed by atoms with Gasteiger partial charge in [0.2, 0.25) is 0 Å². The number of hydrogen-bond donors (Lipinski definition) is 0. The van der Waals surface area contributed by atoms with Gasteiger partial charge in [-0.05, 0) is 201 Å². The summed E-state index contributed by atoms with van der Waals surface area (Å²) in [6.07, 6.45) is 15.0. The number of rotatable bonds is 11. The van der Waals surface area contributed by atoms with Gasteiger partial charge in [0.05, 0.1) is 43.4 Å². The fraction of sp³-hybridized carbons (Fsp3) is 0.133. The molecule has 141 heavy (non-hydrogen) atoms. The fourth-order valence-electron chi connectivity index (χ4n) is 10.1. The van der Waals surface area contributed by atoms with E-state index < -0.39 is 96.0 Å². The van der Waals surface area contributed by atoms with E-state index in [4.69, 9.17) is 0 Å². The summed E-state index contributed by atoms with van der Waals surface area (Å²) in [4.78, 5) is 35.3. The standard InChI is InChI=1S/6C9H6F3N3.3C9H9N3.C2H3F3NO4S2.3Co/c6*10-9(11,12)7-2-4-13-8(6-7)15-5-1-3-14-15;3*1-8-3-5-10-9(7-8)12-6-2-4-11-12;1-11(7,8)6-12(9,10)2(3,4)5;;;/h6*1-6H;3*2-7H,1H3;1H3;;;/q;;;;;;;;;-1;;;. The van der Waals surface area contributed by atoms with Gasteiger partial charge in [-0.15, -0.1) is 0 Å². The van der Waals surface area contributed by atoms with Crippen molar-refractivity contribution in [2.24, 2.45) is 0 Å². The molecule has 0 unspecified atom stereocenters. The molecule has 0 N–H and O–H groups in total. The SMILES string of the molecule is CS(=O)(=O)[N-]S(=O)(=O)C(F)(F)F.Cc1ccnc(-n2cccn2)c1.Cc1ccnc(-n2cccn2)c1.Cc1ccnc(-n2cccn2)c1.FC(F)(F)c1ccnc(-n2cccn2)c1.FC(F)(F)c1ccnc(-n2cccn2)c1.FC(F)(F)c1ccnc(-n2cccn2)c1.FC(F)(F)c1ccnc(-n2cccn2)c1.FC(F)(F)c1ccnc(-n2cccn2)c1.FC(F)(F)c1ccnc(-n2cccn2)c1.[Co].[Co].[Co]. The second kappa shape index (κ2) is 51.7. The van der Waals surface area contributed by atoms with E-state index in [0.29, 0.717) is 0 Å². The third kappa shape index (κ3) is 37.4. The van der Waals surface area contributed by atoms with Crippen LogP contribution in [-0.2, 0) is 107 Å². The Morgan fingerprint density at radius 1 is 0.220 bits per heavy atom. The quantitative estimate of drug-likeness (QED) is 0.109. The second-order valence-electron chi connectivity index (χ2n) is 26.8. The van der Waals surface area contributed by atoms with Crippen molar-refractivity contribution in [1.82, 2.24) is 133 Å². The van der Waals surface area contributed by atoms with Crippen molar-refractivity contribution >= 4 is 20.0 Å². The van der Waals surface area contributed by atoms with Gasteiger partial charge in [0.25, 0.3) is 0 Å². The van der Waals surface area contributed by atoms with Gasteiger partial charge in [-0.3, -0.25) is 0 Å². The third-order valence-electron chi connectivity index (χ3n) is 16.3. The Morgan fingerprint density at radius 2 is 0.355 bits per heavy atom. The first-order valence-corrected chi connectivity index (χ1v) is 41.5. The second-order valence-corrected chi connectivity index (χ2v) is 30.2. The zero-order chi connectivity index (χ0) is 101. The third-order valence-corrected chi connectivity index (χ3v) is 18.8. The van der Waals surface area contributed by atoms with E-state index in [1.54, 1.807) is 91.8 Å². The minimum atomic E-state index is -5.92. The Balaban J connectivity index is 0.000000240. The maximum atomic E-state index is 12.4. The van der Waals surface area contributed by atoms with Crippen molar-refractivity contribution in [3.63, 3.8) is 0 Å². The molecule has 0 aliphatic carbocycles. The number of alkyl halides is 21. The molecule has 3 radical (unpaired) electrons. The van der Waals surface area contributed by atoms with Crippen LogP contribution in [0.4, 0.5) is 92.2 Å². The predicted molar refractivity (Wildman–Crippen MR) is 450 cm³/mol. The van der Waals surface area contributed by atoms with Gasteiger partial charge in [0.15, 0.2) is 62.4 Å². The van der Waals surface area contributed by atoms with Crippen LogP contribution in [0.15, 0.2) is 331 Å². The number of aromatic nitrogens is 27. The maximum Gasteiger partial charge on any atom is 0.480 e. The van der Waals surface area contributed by atoms with E-state index in [1.807, 2.05) is 94.0 Å². The van der Waals surface area contributed by atoms with Crippen LogP contribution in [-0.4, -0.2) is 161 Å². The van der Waals surface area contributed by atoms with Crippen LogP contribution in [0.25, 0.3) is 56.5 Å². The number of halogens is 21. The topological polar surface area (TPSA) is 359 Å². The molecule has 18 heterocycles. The predicted octanol–water partition coefficient (Wildman–Crippen LogP) is 18.6. The number of aryl methyl sites for hydroxylation is 3. The number of sulfonamides is 2. The summed E-state index contributed by atoms with van der Waals surface area (Å²) in [6, 6.07) is 38.4. The summed E-state index contributed by atoms with van der Waals surface area (Å²) in [6.45, 7) is 6.11. The Bertz CT molecular complexity index is 6080. The van der Waals surface area contributed by atoms with Crippen molar-refractivity contribution in [3.05, 3.63) is 385 Å². The van der Waals surface area contributed by atoms with Crippen molar-refractivity contribution in [1.29, 1.82) is 0 Å². The molecular weight excluding hydrogens is 2090 g/mol. The fourth-order valence-corrected chi connectivity index (χ4v) is 11.9. The molecule has 18 aromatic heterocycles. The van der Waals surface area contributed by atoms with Gasteiger partial charge >= 0.3 is 42.6 Å². The van der Waals surface area contributed by atoms with Crippen LogP contribution in [0, 0.1) is 20.8 Å². The molecule has 0 aliphatic rings. The maximum absolute atomic E-state index is 12.4. The van der Waals surface area contributed by atoms with Crippen LogP contribution in [0.3, 0.4) is 0 Å². The van der Waals surface area contributed by atoms with E-state index >= 15 is 0 Å². The zero-order valence-electron chi connectivity index (χ0n) is 71.6. The summed E-state index contributed by atoms with van der Waals surface area (Å²) >= 11 is 0. The van der Waals surface area contributed by atoms with E-state index in [2.05, 4.69) is 90.7 Å². The summed E-state index contributed by atoms with van der Waals surface area (Å²) in [7, 11) is -10.5. The molecule has 749 valence electrons. The molecule has 0 aromatic carbocycles. The van der Waals surface area contributed by atoms with Gasteiger partial charge in [-0.25, -0.2) is 104 Å². The van der Waals surface area contributed by atoms with Gasteiger partial charge in [-0.2, -0.15) is 138 Å². The minimum absolute atomic E-state index is 0. The molecule has 18 aromatic rings. The molecule has 0 fully saturated rings. The van der Waals surface area contributed by atoms with Crippen LogP contribution in [0.1, 0.15) is 50.1 Å². The average Bonchev–Trinajstić information content (AvgIpc) is 1.78. The van der Waals surface area contributed by atoms with E-state index in [-0.39, 0.29) is 91.5 Å². The summed E-state index contributed by atoms with van der Waals surface area (Å²) in [5, 5.41) is 35.0. The molecule has 18 rings (SSSR count). The molecule has 0 bridgehead atoms. The van der Waals surface area contributed by atoms with Crippen LogP contribution < -0.4 is 0 Å². The van der Waals surface area contributed by atoms with Crippen LogP contribution in [0.5, 0.6) is 0 Å². The van der Waals surface area contributed by atoms with Crippen LogP contribution >= 0.6 is 0 Å². The monoisotopic (exact) mass is 2160 g/mol. The van der Waals surface area contributed by atoms with Gasteiger partial charge in [0, 0.05) is 224 Å². The first-order chi connectivity index (χ1) is 65.0. The molecule has 0 saturated heterocycles. The number of pyridine rings is 9. The molecule has 58 heteroatoms. The zero-order valence-corrected chi connectivity index (χ0v) is 76.3.